The first-order valence-corrected chi connectivity index (χ1v) is 7.94. The Hall–Kier alpha value is -0.650. The van der Waals surface area contributed by atoms with Crippen LogP contribution in [0.1, 0.15) is 33.1 Å². The maximum atomic E-state index is 12.4. The van der Waals surface area contributed by atoms with Gasteiger partial charge in [0.05, 0.1) is 13.2 Å². The molecule has 1 saturated carbocycles. The number of carbonyl (C=O) groups excluding carboxylic acids is 1. The van der Waals surface area contributed by atoms with Gasteiger partial charge in [-0.3, -0.25) is 9.69 Å². The van der Waals surface area contributed by atoms with Crippen LogP contribution >= 0.6 is 0 Å². The Balaban J connectivity index is 1.77. The highest BCUT2D eigenvalue weighted by Gasteiger charge is 2.33. The maximum absolute atomic E-state index is 12.4. The largest absolute Gasteiger partial charge is 0.379 e. The van der Waals surface area contributed by atoms with Crippen LogP contribution in [0, 0.1) is 11.8 Å². The molecule has 2 fully saturated rings. The zero-order valence-electron chi connectivity index (χ0n) is 12.8. The Kier molecular flexibility index (Phi) is 5.81. The quantitative estimate of drug-likeness (QED) is 0.792. The zero-order chi connectivity index (χ0) is 14.5. The van der Waals surface area contributed by atoms with Crippen molar-refractivity contribution in [1.82, 2.24) is 10.2 Å². The molecule has 5 heteroatoms. The van der Waals surface area contributed by atoms with Gasteiger partial charge in [0.2, 0.25) is 5.91 Å². The van der Waals surface area contributed by atoms with E-state index < -0.39 is 0 Å². The molecule has 1 aliphatic carbocycles. The number of morpholine rings is 1. The molecule has 0 aromatic rings. The molecule has 0 radical (unpaired) electrons. The highest BCUT2D eigenvalue weighted by Crippen LogP contribution is 2.29. The molecule has 0 aromatic heterocycles. The molecule has 4 atom stereocenters. The summed E-state index contributed by atoms with van der Waals surface area (Å²) in [6.45, 7) is 8.63. The molecule has 2 aliphatic rings. The molecule has 0 bridgehead atoms. The lowest BCUT2D eigenvalue weighted by molar-refractivity contribution is -0.128. The lowest BCUT2D eigenvalue weighted by Crippen LogP contribution is -2.50. The molecular weight excluding hydrogens is 254 g/mol. The Bertz CT molecular complexity index is 318. The number of rotatable bonds is 4. The van der Waals surface area contributed by atoms with Crippen molar-refractivity contribution in [2.24, 2.45) is 17.6 Å². The van der Waals surface area contributed by atoms with Gasteiger partial charge in [-0.05, 0) is 25.7 Å². The predicted octanol–water partition coefficient (Wildman–Crippen LogP) is 0.587. The van der Waals surface area contributed by atoms with Gasteiger partial charge in [0, 0.05) is 37.6 Å². The Morgan fingerprint density at radius 3 is 2.80 bits per heavy atom. The number of nitrogens with two attached hydrogens (primary N) is 1. The first-order valence-electron chi connectivity index (χ1n) is 7.94. The summed E-state index contributed by atoms with van der Waals surface area (Å²) < 4.78 is 5.34. The minimum Gasteiger partial charge on any atom is -0.379 e. The van der Waals surface area contributed by atoms with Crippen molar-refractivity contribution in [1.29, 1.82) is 0 Å². The summed E-state index contributed by atoms with van der Waals surface area (Å²) in [7, 11) is 0. The molecule has 1 aliphatic heterocycles. The number of nitrogens with zero attached hydrogens (tertiary/aromatic N) is 1. The van der Waals surface area contributed by atoms with Gasteiger partial charge in [-0.15, -0.1) is 0 Å². The number of carbonyl (C=O) groups is 1. The molecule has 3 N–H and O–H groups in total. The Morgan fingerprint density at radius 2 is 2.10 bits per heavy atom. The van der Waals surface area contributed by atoms with Gasteiger partial charge >= 0.3 is 0 Å². The summed E-state index contributed by atoms with van der Waals surface area (Å²) in [6, 6.07) is 0.361. The third-order valence-corrected chi connectivity index (χ3v) is 4.72. The number of hydrogen-bond donors (Lipinski definition) is 2. The first kappa shape index (κ1) is 15.7. The van der Waals surface area contributed by atoms with Gasteiger partial charge in [0.25, 0.3) is 0 Å². The minimum absolute atomic E-state index is 0.0888. The van der Waals surface area contributed by atoms with E-state index in [0.717, 1.165) is 52.1 Å². The van der Waals surface area contributed by atoms with E-state index in [9.17, 15) is 4.79 Å². The van der Waals surface area contributed by atoms with Crippen LogP contribution in [0.5, 0.6) is 0 Å². The van der Waals surface area contributed by atoms with Crippen molar-refractivity contribution in [3.8, 4) is 0 Å². The molecule has 1 heterocycles. The van der Waals surface area contributed by atoms with Crippen LogP contribution in [0.25, 0.3) is 0 Å². The summed E-state index contributed by atoms with van der Waals surface area (Å²) in [6.07, 6.45) is 3.10. The van der Waals surface area contributed by atoms with E-state index in [0.29, 0.717) is 5.92 Å². The van der Waals surface area contributed by atoms with Crippen molar-refractivity contribution in [2.45, 2.75) is 45.2 Å². The van der Waals surface area contributed by atoms with Crippen LogP contribution < -0.4 is 11.1 Å². The highest BCUT2D eigenvalue weighted by molar-refractivity contribution is 5.79. The van der Waals surface area contributed by atoms with Crippen LogP contribution in [-0.2, 0) is 9.53 Å². The van der Waals surface area contributed by atoms with Crippen molar-refractivity contribution >= 4 is 5.91 Å². The smallest absolute Gasteiger partial charge is 0.223 e. The molecule has 5 nitrogen and oxygen atoms in total. The first-order chi connectivity index (χ1) is 9.58. The number of ether oxygens (including phenoxy) is 1. The zero-order valence-corrected chi connectivity index (χ0v) is 12.8. The third kappa shape index (κ3) is 4.17. The van der Waals surface area contributed by atoms with Gasteiger partial charge in [0.1, 0.15) is 0 Å². The minimum atomic E-state index is 0.0888. The van der Waals surface area contributed by atoms with Crippen molar-refractivity contribution in [2.75, 3.05) is 32.8 Å². The molecule has 2 rings (SSSR count). The number of nitrogens with one attached hydrogen (secondary N) is 1. The Morgan fingerprint density at radius 1 is 1.40 bits per heavy atom. The molecule has 0 spiro atoms. The van der Waals surface area contributed by atoms with E-state index in [2.05, 4.69) is 24.1 Å². The maximum Gasteiger partial charge on any atom is 0.223 e. The van der Waals surface area contributed by atoms with E-state index in [4.69, 9.17) is 10.5 Å². The fourth-order valence-corrected chi connectivity index (χ4v) is 3.33. The monoisotopic (exact) mass is 283 g/mol. The van der Waals surface area contributed by atoms with E-state index in [-0.39, 0.29) is 23.9 Å². The predicted molar refractivity (Wildman–Crippen MR) is 79.3 cm³/mol. The third-order valence-electron chi connectivity index (χ3n) is 4.72. The number of hydrogen-bond acceptors (Lipinski definition) is 4. The SMILES string of the molecule is CC(CN1CCOCC1)NC(=O)C1CCCC(N)C1C. The molecular formula is C15H29N3O2. The second kappa shape index (κ2) is 7.38. The average Bonchev–Trinajstić information content (AvgIpc) is 2.42. The van der Waals surface area contributed by atoms with E-state index in [1.807, 2.05) is 0 Å². The van der Waals surface area contributed by atoms with Gasteiger partial charge in [-0.1, -0.05) is 13.3 Å². The average molecular weight is 283 g/mol. The van der Waals surface area contributed by atoms with Gasteiger partial charge in [-0.25, -0.2) is 0 Å². The van der Waals surface area contributed by atoms with Crippen LogP contribution in [-0.4, -0.2) is 55.7 Å². The van der Waals surface area contributed by atoms with Crippen molar-refractivity contribution in [3.63, 3.8) is 0 Å². The second-order valence-electron chi connectivity index (χ2n) is 6.38. The highest BCUT2D eigenvalue weighted by atomic mass is 16.5. The molecule has 20 heavy (non-hydrogen) atoms. The van der Waals surface area contributed by atoms with Crippen molar-refractivity contribution in [3.05, 3.63) is 0 Å². The van der Waals surface area contributed by atoms with E-state index >= 15 is 0 Å². The van der Waals surface area contributed by atoms with E-state index in [1.165, 1.54) is 0 Å². The summed E-state index contributed by atoms with van der Waals surface area (Å²) >= 11 is 0. The topological polar surface area (TPSA) is 67.6 Å². The molecule has 1 saturated heterocycles. The van der Waals surface area contributed by atoms with Crippen LogP contribution in [0.2, 0.25) is 0 Å². The van der Waals surface area contributed by atoms with Crippen LogP contribution in [0.4, 0.5) is 0 Å². The van der Waals surface area contributed by atoms with Crippen LogP contribution in [0.3, 0.4) is 0 Å². The fraction of sp³-hybridized carbons (Fsp3) is 0.933. The summed E-state index contributed by atoms with van der Waals surface area (Å²) in [5, 5.41) is 3.17. The lowest BCUT2D eigenvalue weighted by atomic mass is 9.77. The summed E-state index contributed by atoms with van der Waals surface area (Å²) in [5.41, 5.74) is 6.08. The summed E-state index contributed by atoms with van der Waals surface area (Å²) in [4.78, 5) is 14.7. The van der Waals surface area contributed by atoms with E-state index in [1.54, 1.807) is 0 Å². The number of amides is 1. The fourth-order valence-electron chi connectivity index (χ4n) is 3.33. The molecule has 4 unspecified atom stereocenters. The van der Waals surface area contributed by atoms with Gasteiger partial charge in [0.15, 0.2) is 0 Å². The lowest BCUT2D eigenvalue weighted by Gasteiger charge is -2.34. The van der Waals surface area contributed by atoms with Gasteiger partial charge < -0.3 is 15.8 Å². The second-order valence-corrected chi connectivity index (χ2v) is 6.38. The molecule has 116 valence electrons. The summed E-state index contributed by atoms with van der Waals surface area (Å²) in [5.74, 6) is 0.568. The van der Waals surface area contributed by atoms with Crippen molar-refractivity contribution < 1.29 is 9.53 Å². The Labute approximate surface area is 122 Å². The van der Waals surface area contributed by atoms with Crippen LogP contribution in [0.15, 0.2) is 0 Å². The van der Waals surface area contributed by atoms with Gasteiger partial charge in [-0.2, -0.15) is 0 Å². The molecule has 1 amide bonds. The normalized spacial score (nSPS) is 33.6. The standard InChI is InChI=1S/C15H29N3O2/c1-11(10-18-6-8-20-9-7-18)17-15(19)13-4-3-5-14(16)12(13)2/h11-14H,3-10,16H2,1-2H3,(H,17,19). The molecule has 0 aromatic carbocycles.